The number of fused-ring (bicyclic) bond motifs is 1. The summed E-state index contributed by atoms with van der Waals surface area (Å²) in [5, 5.41) is 14.0. The van der Waals surface area contributed by atoms with Gasteiger partial charge in [-0.05, 0) is 43.4 Å². The lowest BCUT2D eigenvalue weighted by molar-refractivity contribution is -0.152. The van der Waals surface area contributed by atoms with Crippen molar-refractivity contribution in [1.82, 2.24) is 10.2 Å². The molecule has 4 atom stereocenters. The summed E-state index contributed by atoms with van der Waals surface area (Å²) in [7, 11) is 0. The van der Waals surface area contributed by atoms with Crippen LogP contribution in [0.2, 0.25) is 0 Å². The molecule has 2 heterocycles. The van der Waals surface area contributed by atoms with Gasteiger partial charge in [-0.2, -0.15) is 0 Å². The number of nitrogens with zero attached hydrogens (tertiary/aromatic N) is 1. The summed E-state index contributed by atoms with van der Waals surface area (Å²) >= 11 is 0. The maximum Gasteiger partial charge on any atom is 0.325 e. The Morgan fingerprint density at radius 2 is 1.74 bits per heavy atom. The fourth-order valence-corrected chi connectivity index (χ4v) is 6.44. The van der Waals surface area contributed by atoms with Crippen LogP contribution >= 0.6 is 0 Å². The van der Waals surface area contributed by atoms with Crippen LogP contribution in [0.5, 0.6) is 0 Å². The molecular weight excluding hydrogens is 428 g/mol. The Morgan fingerprint density at radius 1 is 1.03 bits per heavy atom. The van der Waals surface area contributed by atoms with Crippen LogP contribution in [0.3, 0.4) is 0 Å². The first kappa shape index (κ1) is 22.8. The van der Waals surface area contributed by atoms with Crippen LogP contribution in [0.15, 0.2) is 48.5 Å². The first-order chi connectivity index (χ1) is 16.3. The number of benzene rings is 2. The van der Waals surface area contributed by atoms with Gasteiger partial charge < -0.3 is 5.11 Å². The van der Waals surface area contributed by atoms with E-state index in [1.807, 2.05) is 62.4 Å². The molecule has 2 saturated heterocycles. The molecule has 178 valence electrons. The van der Waals surface area contributed by atoms with Gasteiger partial charge in [-0.1, -0.05) is 73.4 Å². The highest BCUT2D eigenvalue weighted by Crippen LogP contribution is 2.51. The molecule has 0 radical (unpaired) electrons. The smallest absolute Gasteiger partial charge is 0.325 e. The number of hydrogen-bond donors (Lipinski definition) is 2. The van der Waals surface area contributed by atoms with Gasteiger partial charge in [-0.25, -0.2) is 0 Å². The van der Waals surface area contributed by atoms with Crippen LogP contribution in [0.25, 0.3) is 0 Å². The number of aliphatic carboxylic acids is 1. The number of carboxylic acids is 1. The van der Waals surface area contributed by atoms with Crippen LogP contribution < -0.4 is 5.32 Å². The number of hydrogen-bond acceptors (Lipinski definition) is 4. The van der Waals surface area contributed by atoms with Crippen LogP contribution in [0, 0.1) is 25.7 Å². The van der Waals surface area contributed by atoms with Crippen LogP contribution in [0.4, 0.5) is 0 Å². The number of imide groups is 1. The van der Waals surface area contributed by atoms with E-state index in [0.717, 1.165) is 54.4 Å². The van der Waals surface area contributed by atoms with Crippen LogP contribution in [-0.2, 0) is 20.8 Å². The van der Waals surface area contributed by atoms with Gasteiger partial charge >= 0.3 is 5.97 Å². The highest BCUT2D eigenvalue weighted by molar-refractivity contribution is 6.09. The first-order valence-corrected chi connectivity index (χ1v) is 12.3. The topological polar surface area (TPSA) is 86.7 Å². The molecule has 1 aliphatic carbocycles. The maximum atomic E-state index is 13.9. The number of carboxylic acid groups (broad SMARTS) is 1. The lowest BCUT2D eigenvalue weighted by Crippen LogP contribution is -2.58. The van der Waals surface area contributed by atoms with Crippen molar-refractivity contribution >= 4 is 17.8 Å². The van der Waals surface area contributed by atoms with Crippen LogP contribution in [0.1, 0.15) is 60.4 Å². The minimum absolute atomic E-state index is 0.123. The molecular formula is C28H32N2O4. The average molecular weight is 461 g/mol. The van der Waals surface area contributed by atoms with Crippen molar-refractivity contribution in [1.29, 1.82) is 0 Å². The highest BCUT2D eigenvalue weighted by atomic mass is 16.4. The number of carbonyl (C=O) groups is 3. The predicted molar refractivity (Wildman–Crippen MR) is 128 cm³/mol. The average Bonchev–Trinajstić information content (AvgIpc) is 3.31. The first-order valence-electron chi connectivity index (χ1n) is 12.3. The van der Waals surface area contributed by atoms with E-state index >= 15 is 0 Å². The number of nitrogens with one attached hydrogen (secondary N) is 1. The van der Waals surface area contributed by atoms with E-state index in [-0.39, 0.29) is 24.3 Å². The molecule has 2 aromatic rings. The molecule has 6 nitrogen and oxygen atoms in total. The molecule has 2 N–H and O–H groups in total. The Morgan fingerprint density at radius 3 is 2.41 bits per heavy atom. The van der Waals surface area contributed by atoms with E-state index in [1.54, 1.807) is 0 Å². The Kier molecular flexibility index (Phi) is 5.80. The summed E-state index contributed by atoms with van der Waals surface area (Å²) in [6.45, 7) is 3.96. The van der Waals surface area contributed by atoms with Gasteiger partial charge in [0.25, 0.3) is 0 Å². The zero-order valence-corrected chi connectivity index (χ0v) is 19.8. The summed E-state index contributed by atoms with van der Waals surface area (Å²) < 4.78 is 0. The van der Waals surface area contributed by atoms with Gasteiger partial charge in [0.15, 0.2) is 0 Å². The summed E-state index contributed by atoms with van der Waals surface area (Å²) in [6, 6.07) is 14.8. The van der Waals surface area contributed by atoms with Crippen molar-refractivity contribution < 1.29 is 19.5 Å². The van der Waals surface area contributed by atoms with Crippen molar-refractivity contribution in [3.8, 4) is 0 Å². The second-order valence-corrected chi connectivity index (χ2v) is 10.3. The third kappa shape index (κ3) is 3.56. The molecule has 34 heavy (non-hydrogen) atoms. The van der Waals surface area contributed by atoms with Gasteiger partial charge in [-0.15, -0.1) is 0 Å². The molecule has 1 saturated carbocycles. The van der Waals surface area contributed by atoms with E-state index in [9.17, 15) is 19.5 Å². The van der Waals surface area contributed by atoms with Gasteiger partial charge in [0.2, 0.25) is 11.8 Å². The van der Waals surface area contributed by atoms with Crippen molar-refractivity contribution in [3.05, 3.63) is 70.8 Å². The maximum absolute atomic E-state index is 13.9. The van der Waals surface area contributed by atoms with Gasteiger partial charge in [0.1, 0.15) is 5.54 Å². The number of amides is 2. The third-order valence-corrected chi connectivity index (χ3v) is 8.11. The molecule has 2 aromatic carbocycles. The Balaban J connectivity index is 1.64. The fourth-order valence-electron chi connectivity index (χ4n) is 6.44. The lowest BCUT2D eigenvalue weighted by atomic mass is 9.76. The molecule has 2 aliphatic heterocycles. The molecule has 4 unspecified atom stereocenters. The zero-order valence-electron chi connectivity index (χ0n) is 19.8. The molecule has 5 rings (SSSR count). The van der Waals surface area contributed by atoms with Crippen molar-refractivity contribution in [2.24, 2.45) is 11.8 Å². The number of aryl methyl sites for hydroxylation is 2. The second-order valence-electron chi connectivity index (χ2n) is 10.3. The quantitative estimate of drug-likeness (QED) is 0.660. The molecule has 0 aromatic heterocycles. The van der Waals surface area contributed by atoms with Crippen molar-refractivity contribution in [3.63, 3.8) is 0 Å². The van der Waals surface area contributed by atoms with Crippen molar-refractivity contribution in [2.75, 3.05) is 0 Å². The van der Waals surface area contributed by atoms with E-state index < -0.39 is 29.4 Å². The Bertz CT molecular complexity index is 1120. The minimum atomic E-state index is -1.55. The number of likely N-dealkylation sites (tertiary alicyclic amines) is 1. The second kappa shape index (κ2) is 8.66. The molecule has 3 fully saturated rings. The monoisotopic (exact) mass is 460 g/mol. The minimum Gasteiger partial charge on any atom is -0.480 e. The normalized spacial score (nSPS) is 29.5. The molecule has 0 spiro atoms. The molecule has 2 amide bonds. The zero-order chi connectivity index (χ0) is 24.0. The van der Waals surface area contributed by atoms with E-state index in [4.69, 9.17) is 0 Å². The van der Waals surface area contributed by atoms with E-state index in [1.165, 1.54) is 4.90 Å². The van der Waals surface area contributed by atoms with Crippen LogP contribution in [-0.4, -0.2) is 39.4 Å². The standard InChI is InChI=1S/C28H32N2O4/c1-17-13-14-18(2)21(15-17)24-22-23(26(32)30(25(22)31)20-11-7-4-8-12-20)28(29-24,27(33)34)16-19-9-5-3-6-10-19/h3,5-6,9-10,13-15,20,22-24,29H,4,7-8,11-12,16H2,1-2H3,(H,33,34). The fraction of sp³-hybridized carbons (Fsp3) is 0.464. The highest BCUT2D eigenvalue weighted by Gasteiger charge is 2.69. The Hall–Kier alpha value is -2.99. The molecule has 6 heteroatoms. The molecule has 0 bridgehead atoms. The lowest BCUT2D eigenvalue weighted by Gasteiger charge is -2.35. The number of carbonyl (C=O) groups excluding carboxylic acids is 2. The van der Waals surface area contributed by atoms with E-state index in [2.05, 4.69) is 5.32 Å². The van der Waals surface area contributed by atoms with Gasteiger partial charge in [-0.3, -0.25) is 24.6 Å². The Labute approximate surface area is 200 Å². The summed E-state index contributed by atoms with van der Waals surface area (Å²) in [5.74, 6) is -3.28. The van der Waals surface area contributed by atoms with Crippen molar-refractivity contribution in [2.45, 2.75) is 70.0 Å². The van der Waals surface area contributed by atoms with Gasteiger partial charge in [0, 0.05) is 18.5 Å². The SMILES string of the molecule is Cc1ccc(C)c(C2NC(Cc3ccccc3)(C(=O)O)C3C(=O)N(C4CCCCC4)C(=O)C23)c1. The summed E-state index contributed by atoms with van der Waals surface area (Å²) in [4.78, 5) is 42.3. The molecule has 3 aliphatic rings. The van der Waals surface area contributed by atoms with E-state index in [0.29, 0.717) is 0 Å². The van der Waals surface area contributed by atoms with Gasteiger partial charge in [0.05, 0.1) is 11.8 Å². The number of rotatable bonds is 5. The summed E-state index contributed by atoms with van der Waals surface area (Å²) in [5.41, 5.74) is 2.20. The summed E-state index contributed by atoms with van der Waals surface area (Å²) in [6.07, 6.45) is 4.84. The predicted octanol–water partition coefficient (Wildman–Crippen LogP) is 3.95. The largest absolute Gasteiger partial charge is 0.480 e. The third-order valence-electron chi connectivity index (χ3n) is 8.11.